The van der Waals surface area contributed by atoms with Crippen LogP contribution >= 0.6 is 11.3 Å². The summed E-state index contributed by atoms with van der Waals surface area (Å²) < 4.78 is 0. The van der Waals surface area contributed by atoms with Crippen molar-refractivity contribution in [3.8, 4) is 0 Å². The second-order valence-electron chi connectivity index (χ2n) is 8.86. The van der Waals surface area contributed by atoms with Crippen LogP contribution < -0.4 is 20.0 Å². The minimum atomic E-state index is -0.0430. The van der Waals surface area contributed by atoms with Crippen LogP contribution in [0.2, 0.25) is 0 Å². The van der Waals surface area contributed by atoms with E-state index in [1.165, 1.54) is 22.6 Å². The number of benzene rings is 1. The van der Waals surface area contributed by atoms with Gasteiger partial charge in [-0.2, -0.15) is 0 Å². The smallest absolute Gasteiger partial charge is 0.228 e. The molecule has 0 aliphatic carbocycles. The molecule has 33 heavy (non-hydrogen) atoms. The molecule has 2 aliphatic heterocycles. The van der Waals surface area contributed by atoms with Gasteiger partial charge in [0.15, 0.2) is 0 Å². The van der Waals surface area contributed by atoms with Gasteiger partial charge in [-0.25, -0.2) is 0 Å². The maximum Gasteiger partial charge on any atom is 0.228 e. The molecule has 9 heteroatoms. The first-order valence-corrected chi connectivity index (χ1v) is 12.8. The van der Waals surface area contributed by atoms with Gasteiger partial charge in [0.05, 0.1) is 5.92 Å². The Morgan fingerprint density at radius 2 is 2.09 bits per heavy atom. The molecule has 178 valence electrons. The van der Waals surface area contributed by atoms with Gasteiger partial charge in [0.2, 0.25) is 22.1 Å². The fourth-order valence-electron chi connectivity index (χ4n) is 4.58. The number of nitrogens with one attached hydrogen (secondary N) is 1. The molecule has 3 heterocycles. The minimum absolute atomic E-state index is 0.0430. The van der Waals surface area contributed by atoms with Crippen LogP contribution in [0.3, 0.4) is 0 Å². The van der Waals surface area contributed by atoms with Crippen LogP contribution in [0.4, 0.5) is 16.0 Å². The first-order chi connectivity index (χ1) is 16.0. The van der Waals surface area contributed by atoms with Gasteiger partial charge in [-0.15, -0.1) is 10.2 Å². The molecule has 1 N–H and O–H groups in total. The normalized spacial score (nSPS) is 18.6. The highest BCUT2D eigenvalue weighted by molar-refractivity contribution is 7.19. The molecule has 0 saturated carbocycles. The van der Waals surface area contributed by atoms with Crippen LogP contribution in [0.25, 0.3) is 0 Å². The zero-order valence-corrected chi connectivity index (χ0v) is 20.4. The topological polar surface area (TPSA) is 81.7 Å². The standard InChI is InChI=1S/C24H34N6O2S/c1-3-28(20-10-4-8-18(2)16-20)14-7-12-25-22(32)19-9-5-13-29(17-19)23-26-27-24(33-23)30-15-6-11-21(30)31/h4,8,10,16,19H,3,5-7,9,11-15,17H2,1-2H3,(H,25,32)/t19-/m0/s1. The lowest BCUT2D eigenvalue weighted by atomic mass is 9.97. The number of aryl methyl sites for hydroxylation is 1. The van der Waals surface area contributed by atoms with Crippen molar-refractivity contribution in [2.75, 3.05) is 54.0 Å². The Kier molecular flexibility index (Phi) is 7.80. The lowest BCUT2D eigenvalue weighted by molar-refractivity contribution is -0.125. The number of nitrogens with zero attached hydrogens (tertiary/aromatic N) is 5. The summed E-state index contributed by atoms with van der Waals surface area (Å²) in [7, 11) is 0. The first-order valence-electron chi connectivity index (χ1n) is 12.0. The third kappa shape index (κ3) is 5.82. The number of hydrogen-bond donors (Lipinski definition) is 1. The second kappa shape index (κ2) is 11.0. The van der Waals surface area contributed by atoms with Gasteiger partial charge in [-0.1, -0.05) is 23.5 Å². The molecule has 1 aromatic heterocycles. The number of hydrogen-bond acceptors (Lipinski definition) is 7. The molecule has 0 spiro atoms. The fourth-order valence-corrected chi connectivity index (χ4v) is 5.51. The van der Waals surface area contributed by atoms with Crippen LogP contribution in [-0.4, -0.2) is 61.3 Å². The molecule has 2 amide bonds. The van der Waals surface area contributed by atoms with E-state index in [1.54, 1.807) is 4.90 Å². The number of rotatable bonds is 9. The average Bonchev–Trinajstić information content (AvgIpc) is 3.48. The van der Waals surface area contributed by atoms with Gasteiger partial charge in [-0.3, -0.25) is 14.5 Å². The van der Waals surface area contributed by atoms with Crippen molar-refractivity contribution in [3.63, 3.8) is 0 Å². The van der Waals surface area contributed by atoms with Crippen LogP contribution in [0.1, 0.15) is 44.6 Å². The van der Waals surface area contributed by atoms with E-state index in [0.29, 0.717) is 24.6 Å². The largest absolute Gasteiger partial charge is 0.372 e. The Morgan fingerprint density at radius 3 is 2.85 bits per heavy atom. The van der Waals surface area contributed by atoms with Crippen LogP contribution in [-0.2, 0) is 9.59 Å². The number of amides is 2. The summed E-state index contributed by atoms with van der Waals surface area (Å²) >= 11 is 1.45. The van der Waals surface area contributed by atoms with Crippen molar-refractivity contribution >= 4 is 39.1 Å². The molecular weight excluding hydrogens is 436 g/mol. The average molecular weight is 471 g/mol. The lowest BCUT2D eigenvalue weighted by Gasteiger charge is -2.31. The Labute approximate surface area is 200 Å². The second-order valence-corrected chi connectivity index (χ2v) is 9.80. The highest BCUT2D eigenvalue weighted by Crippen LogP contribution is 2.32. The predicted molar refractivity (Wildman–Crippen MR) is 133 cm³/mol. The van der Waals surface area contributed by atoms with Gasteiger partial charge >= 0.3 is 0 Å². The summed E-state index contributed by atoms with van der Waals surface area (Å²) in [5.74, 6) is 0.203. The van der Waals surface area contributed by atoms with E-state index >= 15 is 0 Å². The molecule has 2 aliphatic rings. The van der Waals surface area contributed by atoms with E-state index in [1.807, 2.05) is 0 Å². The number of carbonyl (C=O) groups excluding carboxylic acids is 2. The fraction of sp³-hybridized carbons (Fsp3) is 0.583. The van der Waals surface area contributed by atoms with Gasteiger partial charge in [-0.05, 0) is 57.2 Å². The molecule has 1 aromatic carbocycles. The Hall–Kier alpha value is -2.68. The van der Waals surface area contributed by atoms with Crippen LogP contribution in [0, 0.1) is 12.8 Å². The van der Waals surface area contributed by atoms with Crippen molar-refractivity contribution in [1.82, 2.24) is 15.5 Å². The Bertz CT molecular complexity index is 964. The number of piperidine rings is 1. The quantitative estimate of drug-likeness (QED) is 0.567. The van der Waals surface area contributed by atoms with E-state index in [-0.39, 0.29) is 17.7 Å². The van der Waals surface area contributed by atoms with Crippen molar-refractivity contribution in [1.29, 1.82) is 0 Å². The van der Waals surface area contributed by atoms with Gasteiger partial charge < -0.3 is 15.1 Å². The van der Waals surface area contributed by atoms with Crippen molar-refractivity contribution in [2.45, 2.75) is 46.0 Å². The number of carbonyl (C=O) groups is 2. The van der Waals surface area contributed by atoms with Gasteiger partial charge in [0, 0.05) is 51.4 Å². The lowest BCUT2D eigenvalue weighted by Crippen LogP contribution is -2.43. The molecule has 2 aromatic rings. The maximum atomic E-state index is 12.8. The van der Waals surface area contributed by atoms with Crippen molar-refractivity contribution in [3.05, 3.63) is 29.8 Å². The molecule has 0 radical (unpaired) electrons. The number of aromatic nitrogens is 2. The molecule has 1 atom stereocenters. The predicted octanol–water partition coefficient (Wildman–Crippen LogP) is 3.22. The van der Waals surface area contributed by atoms with Crippen LogP contribution in [0.15, 0.2) is 24.3 Å². The molecule has 0 unspecified atom stereocenters. The summed E-state index contributed by atoms with van der Waals surface area (Å²) in [6.07, 6.45) is 4.21. The van der Waals surface area contributed by atoms with Crippen molar-refractivity contribution < 1.29 is 9.59 Å². The molecule has 0 bridgehead atoms. The third-order valence-corrected chi connectivity index (χ3v) is 7.43. The van der Waals surface area contributed by atoms with E-state index < -0.39 is 0 Å². The maximum absolute atomic E-state index is 12.8. The Morgan fingerprint density at radius 1 is 1.24 bits per heavy atom. The molecule has 2 fully saturated rings. The zero-order chi connectivity index (χ0) is 23.2. The Balaban J connectivity index is 1.24. The van der Waals surface area contributed by atoms with E-state index in [9.17, 15) is 9.59 Å². The molecular formula is C24H34N6O2S. The third-order valence-electron chi connectivity index (χ3n) is 6.42. The summed E-state index contributed by atoms with van der Waals surface area (Å²) in [6, 6.07) is 8.55. The van der Waals surface area contributed by atoms with E-state index in [0.717, 1.165) is 57.0 Å². The molecule has 4 rings (SSSR count). The van der Waals surface area contributed by atoms with Crippen molar-refractivity contribution in [2.24, 2.45) is 5.92 Å². The summed E-state index contributed by atoms with van der Waals surface area (Å²) in [5.41, 5.74) is 2.49. The monoisotopic (exact) mass is 470 g/mol. The summed E-state index contributed by atoms with van der Waals surface area (Å²) in [4.78, 5) is 31.0. The summed E-state index contributed by atoms with van der Waals surface area (Å²) in [6.45, 7) is 9.06. The molecule has 8 nitrogen and oxygen atoms in total. The van der Waals surface area contributed by atoms with Crippen LogP contribution in [0.5, 0.6) is 0 Å². The zero-order valence-electron chi connectivity index (χ0n) is 19.6. The molecule has 2 saturated heterocycles. The highest BCUT2D eigenvalue weighted by Gasteiger charge is 2.30. The SMILES string of the molecule is CCN(CCCNC(=O)[C@H]1CCCN(c2nnc(N3CCCC3=O)s2)C1)c1cccc(C)c1. The highest BCUT2D eigenvalue weighted by atomic mass is 32.1. The van der Waals surface area contributed by atoms with E-state index in [2.05, 4.69) is 63.4 Å². The first kappa shape index (κ1) is 23.5. The summed E-state index contributed by atoms with van der Waals surface area (Å²) in [5, 5.41) is 13.2. The van der Waals surface area contributed by atoms with E-state index in [4.69, 9.17) is 0 Å². The number of anilines is 3. The van der Waals surface area contributed by atoms with Gasteiger partial charge in [0.1, 0.15) is 0 Å². The van der Waals surface area contributed by atoms with Gasteiger partial charge in [0.25, 0.3) is 0 Å². The minimum Gasteiger partial charge on any atom is -0.372 e.